The van der Waals surface area contributed by atoms with Gasteiger partial charge in [0.2, 0.25) is 0 Å². The number of hydrogen-bond donors (Lipinski definition) is 0. The van der Waals surface area contributed by atoms with Crippen LogP contribution in [0.5, 0.6) is 5.75 Å². The number of fused-ring (bicyclic) bond motifs is 1. The van der Waals surface area contributed by atoms with E-state index in [0.717, 1.165) is 12.4 Å². The van der Waals surface area contributed by atoms with Gasteiger partial charge in [-0.25, -0.2) is 0 Å². The van der Waals surface area contributed by atoms with Crippen LogP contribution in [0.1, 0.15) is 43.2 Å². The Morgan fingerprint density at radius 2 is 2.12 bits per heavy atom. The van der Waals surface area contributed by atoms with Gasteiger partial charge in [0.1, 0.15) is 5.75 Å². The number of alkyl halides is 1. The Hall–Kier alpha value is -0.690. The highest BCUT2D eigenvalue weighted by Crippen LogP contribution is 2.47. The van der Waals surface area contributed by atoms with Crippen molar-refractivity contribution < 1.29 is 4.74 Å². The molecule has 1 nitrogen and oxygen atoms in total. The second-order valence-electron chi connectivity index (χ2n) is 5.67. The van der Waals surface area contributed by atoms with Gasteiger partial charge in [-0.3, -0.25) is 0 Å². The van der Waals surface area contributed by atoms with Crippen LogP contribution in [0.15, 0.2) is 18.2 Å². The standard InChI is InChI=1S/C14H17ClO/c1-14(2)8-16-12-6-5-10(7-11(12)14)13(15)9-3-4-9/h5-7,9,13H,3-4,8H2,1-2H3. The Labute approximate surface area is 102 Å². The number of rotatable bonds is 2. The summed E-state index contributed by atoms with van der Waals surface area (Å²) in [4.78, 5) is 0. The Morgan fingerprint density at radius 3 is 2.81 bits per heavy atom. The molecule has 0 saturated heterocycles. The average molecular weight is 237 g/mol. The van der Waals surface area contributed by atoms with E-state index in [0.29, 0.717) is 5.92 Å². The summed E-state index contributed by atoms with van der Waals surface area (Å²) in [5, 5.41) is 0.196. The highest BCUT2D eigenvalue weighted by molar-refractivity contribution is 6.21. The Bertz CT molecular complexity index is 421. The quantitative estimate of drug-likeness (QED) is 0.704. The van der Waals surface area contributed by atoms with Gasteiger partial charge in [0.15, 0.2) is 0 Å². The molecule has 0 aromatic heterocycles. The lowest BCUT2D eigenvalue weighted by Gasteiger charge is -2.17. The van der Waals surface area contributed by atoms with Crippen LogP contribution in [0.25, 0.3) is 0 Å². The largest absolute Gasteiger partial charge is 0.492 e. The summed E-state index contributed by atoms with van der Waals surface area (Å²) in [5.74, 6) is 1.73. The Kier molecular flexibility index (Phi) is 2.22. The highest BCUT2D eigenvalue weighted by atomic mass is 35.5. The Balaban J connectivity index is 1.98. The Morgan fingerprint density at radius 1 is 1.38 bits per heavy atom. The van der Waals surface area contributed by atoms with Crippen LogP contribution in [-0.4, -0.2) is 6.61 Å². The molecule has 16 heavy (non-hydrogen) atoms. The summed E-state index contributed by atoms with van der Waals surface area (Å²) in [6.07, 6.45) is 2.57. The van der Waals surface area contributed by atoms with Crippen molar-refractivity contribution in [1.29, 1.82) is 0 Å². The van der Waals surface area contributed by atoms with Gasteiger partial charge in [0, 0.05) is 11.0 Å². The fourth-order valence-electron chi connectivity index (χ4n) is 2.37. The zero-order valence-corrected chi connectivity index (χ0v) is 10.6. The molecule has 1 aliphatic heterocycles. The van der Waals surface area contributed by atoms with Crippen LogP contribution in [0.4, 0.5) is 0 Å². The van der Waals surface area contributed by atoms with Gasteiger partial charge in [-0.05, 0) is 36.5 Å². The maximum Gasteiger partial charge on any atom is 0.123 e. The van der Waals surface area contributed by atoms with Crippen molar-refractivity contribution in [3.8, 4) is 5.75 Å². The molecular formula is C14H17ClO. The predicted octanol–water partition coefficient (Wildman–Crippen LogP) is 4.05. The van der Waals surface area contributed by atoms with E-state index in [9.17, 15) is 0 Å². The third-order valence-electron chi connectivity index (χ3n) is 3.68. The molecule has 0 N–H and O–H groups in total. The fraction of sp³-hybridized carbons (Fsp3) is 0.571. The first-order chi connectivity index (χ1) is 7.58. The van der Waals surface area contributed by atoms with Crippen molar-refractivity contribution in [2.45, 2.75) is 37.5 Å². The van der Waals surface area contributed by atoms with Crippen LogP contribution in [-0.2, 0) is 5.41 Å². The molecule has 0 bridgehead atoms. The van der Waals surface area contributed by atoms with E-state index in [1.807, 2.05) is 0 Å². The number of benzene rings is 1. The van der Waals surface area contributed by atoms with Crippen LogP contribution < -0.4 is 4.74 Å². The lowest BCUT2D eigenvalue weighted by Crippen LogP contribution is -2.18. The van der Waals surface area contributed by atoms with Gasteiger partial charge in [0.05, 0.1) is 12.0 Å². The fourth-order valence-corrected chi connectivity index (χ4v) is 2.76. The molecular weight excluding hydrogens is 220 g/mol. The smallest absolute Gasteiger partial charge is 0.123 e. The molecule has 2 aliphatic rings. The molecule has 1 atom stereocenters. The SMILES string of the molecule is CC1(C)COc2ccc(C(Cl)C3CC3)cc21. The molecule has 3 rings (SSSR count). The molecule has 1 aromatic carbocycles. The monoisotopic (exact) mass is 236 g/mol. The van der Waals surface area contributed by atoms with Crippen molar-refractivity contribution in [2.24, 2.45) is 5.92 Å². The zero-order valence-electron chi connectivity index (χ0n) is 9.79. The molecule has 1 heterocycles. The third kappa shape index (κ3) is 1.62. The highest BCUT2D eigenvalue weighted by Gasteiger charge is 2.35. The molecule has 0 spiro atoms. The van der Waals surface area contributed by atoms with Crippen molar-refractivity contribution in [2.75, 3.05) is 6.61 Å². The molecule has 1 saturated carbocycles. The lowest BCUT2D eigenvalue weighted by atomic mass is 9.85. The second kappa shape index (κ2) is 3.40. The topological polar surface area (TPSA) is 9.23 Å². The molecule has 86 valence electrons. The van der Waals surface area contributed by atoms with E-state index in [1.54, 1.807) is 0 Å². The van der Waals surface area contributed by atoms with Crippen molar-refractivity contribution in [3.05, 3.63) is 29.3 Å². The average Bonchev–Trinajstić information content (AvgIpc) is 3.05. The number of halogens is 1. The minimum Gasteiger partial charge on any atom is -0.492 e. The van der Waals surface area contributed by atoms with E-state index in [1.165, 1.54) is 24.0 Å². The van der Waals surface area contributed by atoms with Crippen molar-refractivity contribution in [3.63, 3.8) is 0 Å². The van der Waals surface area contributed by atoms with Crippen LogP contribution >= 0.6 is 11.6 Å². The van der Waals surface area contributed by atoms with Crippen molar-refractivity contribution in [1.82, 2.24) is 0 Å². The first-order valence-corrected chi connectivity index (χ1v) is 6.43. The van der Waals surface area contributed by atoms with E-state index < -0.39 is 0 Å². The van der Waals surface area contributed by atoms with Gasteiger partial charge in [-0.2, -0.15) is 0 Å². The maximum absolute atomic E-state index is 6.46. The van der Waals surface area contributed by atoms with Crippen LogP contribution in [0.3, 0.4) is 0 Å². The predicted molar refractivity (Wildman–Crippen MR) is 66.3 cm³/mol. The molecule has 1 unspecified atom stereocenters. The van der Waals surface area contributed by atoms with E-state index in [4.69, 9.17) is 16.3 Å². The van der Waals surface area contributed by atoms with Gasteiger partial charge in [-0.15, -0.1) is 11.6 Å². The van der Waals surface area contributed by atoms with Gasteiger partial charge < -0.3 is 4.74 Å². The molecule has 0 radical (unpaired) electrons. The number of ether oxygens (including phenoxy) is 1. The molecule has 1 aromatic rings. The summed E-state index contributed by atoms with van der Waals surface area (Å²) < 4.78 is 5.68. The lowest BCUT2D eigenvalue weighted by molar-refractivity contribution is 0.291. The normalized spacial score (nSPS) is 23.7. The minimum absolute atomic E-state index is 0.130. The number of hydrogen-bond acceptors (Lipinski definition) is 1. The third-order valence-corrected chi connectivity index (χ3v) is 4.28. The van der Waals surface area contributed by atoms with Gasteiger partial charge in [0.25, 0.3) is 0 Å². The minimum atomic E-state index is 0.130. The first kappa shape index (κ1) is 10.5. The zero-order chi connectivity index (χ0) is 11.3. The molecule has 1 fully saturated rings. The summed E-state index contributed by atoms with van der Waals surface area (Å²) in [6, 6.07) is 6.45. The second-order valence-corrected chi connectivity index (χ2v) is 6.14. The van der Waals surface area contributed by atoms with E-state index in [2.05, 4.69) is 32.0 Å². The summed E-state index contributed by atoms with van der Waals surface area (Å²) >= 11 is 6.46. The van der Waals surface area contributed by atoms with E-state index in [-0.39, 0.29) is 10.8 Å². The summed E-state index contributed by atoms with van der Waals surface area (Å²) in [7, 11) is 0. The molecule has 2 heteroatoms. The van der Waals surface area contributed by atoms with Crippen LogP contribution in [0.2, 0.25) is 0 Å². The van der Waals surface area contributed by atoms with Crippen LogP contribution in [0, 0.1) is 5.92 Å². The van der Waals surface area contributed by atoms with Crippen molar-refractivity contribution >= 4 is 11.6 Å². The molecule has 0 amide bonds. The maximum atomic E-state index is 6.46. The summed E-state index contributed by atoms with van der Waals surface area (Å²) in [6.45, 7) is 5.23. The summed E-state index contributed by atoms with van der Waals surface area (Å²) in [5.41, 5.74) is 2.71. The van der Waals surface area contributed by atoms with E-state index >= 15 is 0 Å². The molecule has 1 aliphatic carbocycles. The first-order valence-electron chi connectivity index (χ1n) is 5.99. The van der Waals surface area contributed by atoms with Gasteiger partial charge >= 0.3 is 0 Å². The van der Waals surface area contributed by atoms with Gasteiger partial charge in [-0.1, -0.05) is 19.9 Å².